The maximum atomic E-state index is 13.7. The predicted octanol–water partition coefficient (Wildman–Crippen LogP) is 7.79. The first-order valence-corrected chi connectivity index (χ1v) is 21.6. The number of methoxy groups -OCH3 is 2. The van der Waals surface area contributed by atoms with E-state index in [1.54, 1.807) is 6.20 Å². The van der Waals surface area contributed by atoms with Gasteiger partial charge in [-0.05, 0) is 67.7 Å². The van der Waals surface area contributed by atoms with Crippen molar-refractivity contribution < 1.29 is 33.4 Å². The number of fused-ring (bicyclic) bond motifs is 5. The van der Waals surface area contributed by atoms with E-state index in [1.165, 1.54) is 14.2 Å². The number of aromatic nitrogens is 5. The van der Waals surface area contributed by atoms with Gasteiger partial charge in [-0.25, -0.2) is 19.6 Å². The van der Waals surface area contributed by atoms with E-state index in [2.05, 4.69) is 69.8 Å². The molecule has 2 unspecified atom stereocenters. The van der Waals surface area contributed by atoms with Gasteiger partial charge in [-0.15, -0.1) is 0 Å². The second kappa shape index (κ2) is 17.2. The Hall–Kier alpha value is -6.32. The largest absolute Gasteiger partial charge is 0.485 e. The summed E-state index contributed by atoms with van der Waals surface area (Å²) in [4.78, 5) is 75.5. The lowest BCUT2D eigenvalue weighted by molar-refractivity contribution is -0.136. The summed E-state index contributed by atoms with van der Waals surface area (Å²) in [6.45, 7) is 13.1. The number of rotatable bonds is 11. The van der Waals surface area contributed by atoms with Gasteiger partial charge in [0.2, 0.25) is 11.8 Å². The molecule has 3 aliphatic heterocycles. The fraction of sp³-hybridized carbons (Fsp3) is 0.478. The molecule has 4 amide bonds. The molecule has 0 radical (unpaired) electrons. The zero-order chi connectivity index (χ0) is 44.0. The van der Waals surface area contributed by atoms with E-state index >= 15 is 0 Å². The molecule has 328 valence electrons. The molecular weight excluding hydrogens is 791 g/mol. The fourth-order valence-electron chi connectivity index (χ4n) is 9.24. The van der Waals surface area contributed by atoms with Gasteiger partial charge < -0.3 is 49.6 Å². The molecule has 0 aliphatic carbocycles. The minimum atomic E-state index is -0.710. The Labute approximate surface area is 360 Å². The normalized spacial score (nSPS) is 19.4. The van der Waals surface area contributed by atoms with Gasteiger partial charge in [-0.3, -0.25) is 9.59 Å². The van der Waals surface area contributed by atoms with Crippen molar-refractivity contribution in [2.45, 2.75) is 97.5 Å². The molecule has 0 saturated carbocycles. The Morgan fingerprint density at radius 1 is 0.726 bits per heavy atom. The maximum Gasteiger partial charge on any atom is 0.407 e. The van der Waals surface area contributed by atoms with E-state index in [4.69, 9.17) is 24.2 Å². The molecule has 2 saturated heterocycles. The third-order valence-corrected chi connectivity index (χ3v) is 12.5. The Bertz CT molecular complexity index is 2480. The van der Waals surface area contributed by atoms with Crippen LogP contribution in [-0.2, 0) is 19.1 Å². The summed E-state index contributed by atoms with van der Waals surface area (Å²) in [5.41, 5.74) is 7.58. The van der Waals surface area contributed by atoms with E-state index in [1.807, 2.05) is 49.8 Å². The van der Waals surface area contributed by atoms with Gasteiger partial charge >= 0.3 is 12.2 Å². The number of H-pyrrole nitrogens is 3. The highest BCUT2D eigenvalue weighted by Gasteiger charge is 2.39. The highest BCUT2D eigenvalue weighted by molar-refractivity contribution is 5.96. The van der Waals surface area contributed by atoms with Gasteiger partial charge in [0.25, 0.3) is 0 Å². The molecule has 2 fully saturated rings. The first-order valence-electron chi connectivity index (χ1n) is 21.6. The van der Waals surface area contributed by atoms with Crippen molar-refractivity contribution in [1.82, 2.24) is 45.4 Å². The number of likely N-dealkylation sites (tertiary alicyclic amines) is 2. The van der Waals surface area contributed by atoms with Crippen LogP contribution in [0.25, 0.3) is 44.7 Å². The Balaban J connectivity index is 1.05. The van der Waals surface area contributed by atoms with Crippen LogP contribution in [0, 0.1) is 17.8 Å². The molecule has 5 atom stereocenters. The number of hydrogen-bond acceptors (Lipinski definition) is 9. The summed E-state index contributed by atoms with van der Waals surface area (Å²) in [5.74, 6) is 1.77. The first-order chi connectivity index (χ1) is 29.8. The van der Waals surface area contributed by atoms with Crippen molar-refractivity contribution in [2.24, 2.45) is 17.8 Å². The van der Waals surface area contributed by atoms with Crippen molar-refractivity contribution in [2.75, 3.05) is 27.3 Å². The zero-order valence-corrected chi connectivity index (χ0v) is 36.6. The summed E-state index contributed by atoms with van der Waals surface area (Å²) in [5, 5.41) is 6.49. The molecule has 16 heteroatoms. The molecule has 5 N–H and O–H groups in total. The van der Waals surface area contributed by atoms with E-state index < -0.39 is 24.3 Å². The maximum absolute atomic E-state index is 13.7. The number of benzene rings is 2. The smallest absolute Gasteiger partial charge is 0.407 e. The van der Waals surface area contributed by atoms with Crippen LogP contribution in [0.2, 0.25) is 0 Å². The summed E-state index contributed by atoms with van der Waals surface area (Å²) in [7, 11) is 2.58. The van der Waals surface area contributed by atoms with Crippen LogP contribution >= 0.6 is 0 Å². The summed E-state index contributed by atoms with van der Waals surface area (Å²) in [6, 6.07) is 10.6. The molecule has 8 rings (SSSR count). The Kier molecular flexibility index (Phi) is 11.8. The third kappa shape index (κ3) is 7.86. The van der Waals surface area contributed by atoms with Crippen molar-refractivity contribution in [3.63, 3.8) is 0 Å². The number of nitrogens with one attached hydrogen (secondary N) is 5. The molecule has 6 heterocycles. The number of aromatic amines is 3. The Morgan fingerprint density at radius 3 is 1.74 bits per heavy atom. The molecule has 5 aromatic rings. The van der Waals surface area contributed by atoms with E-state index in [-0.39, 0.29) is 47.8 Å². The van der Waals surface area contributed by atoms with Crippen molar-refractivity contribution in [3.05, 3.63) is 66.0 Å². The highest BCUT2D eigenvalue weighted by Crippen LogP contribution is 2.49. The zero-order valence-electron chi connectivity index (χ0n) is 36.6. The second-order valence-electron chi connectivity index (χ2n) is 17.6. The fourth-order valence-corrected chi connectivity index (χ4v) is 9.24. The minimum absolute atomic E-state index is 0.122. The molecule has 16 nitrogen and oxygen atoms in total. The predicted molar refractivity (Wildman–Crippen MR) is 233 cm³/mol. The number of alkyl carbamates (subject to hydrolysis) is 2. The Morgan fingerprint density at radius 2 is 1.24 bits per heavy atom. The van der Waals surface area contributed by atoms with Gasteiger partial charge in [-0.1, -0.05) is 53.7 Å². The van der Waals surface area contributed by atoms with Crippen molar-refractivity contribution in [1.29, 1.82) is 0 Å². The minimum Gasteiger partial charge on any atom is -0.485 e. The monoisotopic (exact) mass is 847 g/mol. The topological polar surface area (TPSA) is 200 Å². The van der Waals surface area contributed by atoms with Crippen LogP contribution in [0.3, 0.4) is 0 Å². The van der Waals surface area contributed by atoms with Crippen molar-refractivity contribution in [3.8, 4) is 39.5 Å². The molecule has 0 spiro atoms. The van der Waals surface area contributed by atoms with Crippen molar-refractivity contribution >= 4 is 34.9 Å². The number of imidazole rings is 2. The lowest BCUT2D eigenvalue weighted by Crippen LogP contribution is -2.51. The summed E-state index contributed by atoms with van der Waals surface area (Å²) < 4.78 is 16.5. The van der Waals surface area contributed by atoms with Gasteiger partial charge in [-0.2, -0.15) is 0 Å². The van der Waals surface area contributed by atoms with Gasteiger partial charge in [0.15, 0.2) is 0 Å². The standard InChI is InChI=1S/C46H57N9O7/c1-23(2)37(52-45(58)60-7)43(56)54-17-9-11-33(54)41-47-21-31(50-41)26-14-16-30-29(19-26)36-39(49-30)28-15-13-27(20-35(28)62-40(36)25(5)6)32-22-48-42(51-32)34-12-10-18-55(34)44(57)38(24(3)4)53-46(59)61-8/h13-16,19-25,33-34,37-38,40,49H,9-12,17-18H2,1-8H3,(H,47,50)(H,48,51)(H,52,58)(H,53,59)/t33-,34-,37?,38-,40?/m0/s1. The third-order valence-electron chi connectivity index (χ3n) is 12.5. The van der Waals surface area contributed by atoms with Crippen LogP contribution in [0.1, 0.15) is 103 Å². The van der Waals surface area contributed by atoms with Crippen LogP contribution in [0.4, 0.5) is 9.59 Å². The van der Waals surface area contributed by atoms with E-state index in [0.717, 1.165) is 81.7 Å². The second-order valence-corrected chi connectivity index (χ2v) is 17.6. The molecule has 0 bridgehead atoms. The average Bonchev–Trinajstić information content (AvgIpc) is 4.12. The summed E-state index contributed by atoms with van der Waals surface area (Å²) >= 11 is 0. The van der Waals surface area contributed by atoms with Gasteiger partial charge in [0.05, 0.1) is 55.8 Å². The quantitative estimate of drug-likeness (QED) is 0.0880. The molecule has 3 aliphatic rings. The summed E-state index contributed by atoms with van der Waals surface area (Å²) in [6.07, 6.45) is 5.31. The lowest BCUT2D eigenvalue weighted by atomic mass is 9.90. The SMILES string of the molecule is COC(=O)NC(C(=O)N1CCC[C@H]1c1ncc(-c2ccc3[nH]c4c(c3c2)C(C(C)C)Oc2cc(-c3cnc([C@@H]5CCCN5C(=O)[C@@H](NC(=O)OC)C(C)C)[nH]3)ccc2-4)[nH]1)C(C)C. The number of nitrogens with zero attached hydrogens (tertiary/aromatic N) is 4. The van der Waals surface area contributed by atoms with E-state index in [9.17, 15) is 19.2 Å². The van der Waals surface area contributed by atoms with Gasteiger partial charge in [0.1, 0.15) is 35.6 Å². The van der Waals surface area contributed by atoms with E-state index in [0.29, 0.717) is 24.7 Å². The molecule has 62 heavy (non-hydrogen) atoms. The first kappa shape index (κ1) is 42.4. The van der Waals surface area contributed by atoms with Crippen LogP contribution in [-0.4, -0.2) is 98.1 Å². The number of carbonyl (C=O) groups is 4. The molecule has 2 aromatic carbocycles. The van der Waals surface area contributed by atoms with Crippen LogP contribution in [0.15, 0.2) is 48.8 Å². The average molecular weight is 848 g/mol. The number of hydrogen-bond donors (Lipinski definition) is 5. The molecule has 3 aromatic heterocycles. The number of ether oxygens (including phenoxy) is 3. The number of carbonyl (C=O) groups excluding carboxylic acids is 4. The number of amides is 4. The highest BCUT2D eigenvalue weighted by atomic mass is 16.5. The van der Waals surface area contributed by atoms with Crippen LogP contribution < -0.4 is 15.4 Å². The molecular formula is C46H57N9O7. The lowest BCUT2D eigenvalue weighted by Gasteiger charge is -2.30. The van der Waals surface area contributed by atoms with Gasteiger partial charge in [0, 0.05) is 46.2 Å². The van der Waals surface area contributed by atoms with Crippen LogP contribution in [0.5, 0.6) is 5.75 Å².